The van der Waals surface area contributed by atoms with E-state index in [0.29, 0.717) is 0 Å². The third kappa shape index (κ3) is 2.02. The number of rotatable bonds is 5. The average molecular weight is 138 g/mol. The maximum Gasteiger partial charge on any atom is 0.00529 e. The Morgan fingerprint density at radius 2 is 1.70 bits per heavy atom. The van der Waals surface area contributed by atoms with Crippen LogP contribution in [0.5, 0.6) is 0 Å². The smallest absolute Gasteiger partial charge is 0.00529 e. The van der Waals surface area contributed by atoms with Gasteiger partial charge in [-0.1, -0.05) is 32.4 Å². The Bertz CT molecular complexity index is 103. The zero-order chi connectivity index (χ0) is 8.04. The molecule has 0 bridgehead atoms. The molecule has 0 aromatic carbocycles. The van der Waals surface area contributed by atoms with Gasteiger partial charge in [0, 0.05) is 5.41 Å². The Balaban J connectivity index is 4.14. The average Bonchev–Trinajstić information content (AvgIpc) is 2.01. The summed E-state index contributed by atoms with van der Waals surface area (Å²) < 4.78 is 0. The van der Waals surface area contributed by atoms with Crippen LogP contribution in [-0.4, -0.2) is 0 Å². The summed E-state index contributed by atoms with van der Waals surface area (Å²) >= 11 is 0. The largest absolute Gasteiger partial charge is 0.102 e. The van der Waals surface area contributed by atoms with E-state index < -0.39 is 0 Å². The van der Waals surface area contributed by atoms with Crippen LogP contribution in [0.2, 0.25) is 0 Å². The first-order valence-corrected chi connectivity index (χ1v) is 4.02. The van der Waals surface area contributed by atoms with Crippen molar-refractivity contribution in [2.45, 2.75) is 33.1 Å². The van der Waals surface area contributed by atoms with Crippen LogP contribution < -0.4 is 0 Å². The molecule has 0 amide bonds. The van der Waals surface area contributed by atoms with Crippen molar-refractivity contribution in [2.75, 3.05) is 0 Å². The fourth-order valence-corrected chi connectivity index (χ4v) is 1.22. The number of allylic oxidation sites excluding steroid dienone is 2. The van der Waals surface area contributed by atoms with Crippen LogP contribution in [0.15, 0.2) is 25.3 Å². The van der Waals surface area contributed by atoms with E-state index >= 15 is 0 Å². The van der Waals surface area contributed by atoms with E-state index in [2.05, 4.69) is 27.0 Å². The molecule has 0 aliphatic carbocycles. The fraction of sp³-hybridized carbons (Fsp3) is 0.600. The SMILES string of the molecule is C=CC(C=C)(CC)CCC. The van der Waals surface area contributed by atoms with E-state index in [1.54, 1.807) is 0 Å². The molecule has 0 aliphatic rings. The van der Waals surface area contributed by atoms with Crippen LogP contribution in [0.3, 0.4) is 0 Å². The first-order chi connectivity index (χ1) is 4.74. The van der Waals surface area contributed by atoms with E-state index in [0.717, 1.165) is 6.42 Å². The van der Waals surface area contributed by atoms with E-state index in [4.69, 9.17) is 0 Å². The molecule has 0 rings (SSSR count). The van der Waals surface area contributed by atoms with Gasteiger partial charge in [-0.3, -0.25) is 0 Å². The molecule has 0 N–H and O–H groups in total. The molecule has 0 heterocycles. The first kappa shape index (κ1) is 9.48. The Hall–Kier alpha value is -0.520. The molecule has 0 radical (unpaired) electrons. The Kier molecular flexibility index (Phi) is 4.10. The lowest BCUT2D eigenvalue weighted by atomic mass is 9.81. The quantitative estimate of drug-likeness (QED) is 0.510. The highest BCUT2D eigenvalue weighted by atomic mass is 14.2. The highest BCUT2D eigenvalue weighted by molar-refractivity contribution is 5.05. The molecule has 0 fully saturated rings. The second kappa shape index (κ2) is 4.32. The van der Waals surface area contributed by atoms with Crippen molar-refractivity contribution in [1.82, 2.24) is 0 Å². The van der Waals surface area contributed by atoms with Crippen LogP contribution in [0, 0.1) is 5.41 Å². The van der Waals surface area contributed by atoms with Crippen LogP contribution >= 0.6 is 0 Å². The topological polar surface area (TPSA) is 0 Å². The van der Waals surface area contributed by atoms with Crippen molar-refractivity contribution in [1.29, 1.82) is 0 Å². The van der Waals surface area contributed by atoms with Crippen molar-refractivity contribution >= 4 is 0 Å². The molecule has 10 heavy (non-hydrogen) atoms. The van der Waals surface area contributed by atoms with Crippen molar-refractivity contribution in [3.63, 3.8) is 0 Å². The molecule has 58 valence electrons. The highest BCUT2D eigenvalue weighted by Crippen LogP contribution is 2.30. The third-order valence-electron chi connectivity index (χ3n) is 2.19. The Morgan fingerprint density at radius 3 is 1.80 bits per heavy atom. The monoisotopic (exact) mass is 138 g/mol. The van der Waals surface area contributed by atoms with Crippen molar-refractivity contribution in [2.24, 2.45) is 5.41 Å². The summed E-state index contributed by atoms with van der Waals surface area (Å²) in [5.41, 5.74) is 0.203. The van der Waals surface area contributed by atoms with Gasteiger partial charge in [0.2, 0.25) is 0 Å². The molecule has 0 atom stereocenters. The maximum atomic E-state index is 3.82. The summed E-state index contributed by atoms with van der Waals surface area (Å²) in [6.07, 6.45) is 7.53. The second-order valence-corrected chi connectivity index (χ2v) is 2.74. The predicted molar refractivity (Wildman–Crippen MR) is 48.0 cm³/mol. The van der Waals surface area contributed by atoms with Gasteiger partial charge in [0.05, 0.1) is 0 Å². The van der Waals surface area contributed by atoms with E-state index in [-0.39, 0.29) is 5.41 Å². The normalized spacial score (nSPS) is 11.0. The summed E-state index contributed by atoms with van der Waals surface area (Å²) in [5, 5.41) is 0. The number of hydrogen-bond donors (Lipinski definition) is 0. The molecule has 0 heteroatoms. The van der Waals surface area contributed by atoms with Crippen molar-refractivity contribution < 1.29 is 0 Å². The third-order valence-corrected chi connectivity index (χ3v) is 2.19. The van der Waals surface area contributed by atoms with Crippen LogP contribution in [0.4, 0.5) is 0 Å². The molecule has 0 aromatic rings. The van der Waals surface area contributed by atoms with Gasteiger partial charge in [0.15, 0.2) is 0 Å². The molecule has 0 unspecified atom stereocenters. The zero-order valence-electron chi connectivity index (χ0n) is 7.19. The van der Waals surface area contributed by atoms with E-state index in [1.807, 2.05) is 12.2 Å². The van der Waals surface area contributed by atoms with Gasteiger partial charge in [-0.05, 0) is 12.8 Å². The van der Waals surface area contributed by atoms with Crippen LogP contribution in [-0.2, 0) is 0 Å². The first-order valence-electron chi connectivity index (χ1n) is 4.02. The predicted octanol–water partition coefficient (Wildman–Crippen LogP) is 3.55. The van der Waals surface area contributed by atoms with Gasteiger partial charge in [-0.2, -0.15) is 0 Å². The molecule has 0 spiro atoms. The van der Waals surface area contributed by atoms with Gasteiger partial charge in [-0.15, -0.1) is 13.2 Å². The van der Waals surface area contributed by atoms with Crippen molar-refractivity contribution in [3.8, 4) is 0 Å². The molecule has 0 aromatic heterocycles. The zero-order valence-corrected chi connectivity index (χ0v) is 7.19. The minimum Gasteiger partial charge on any atom is -0.102 e. The number of hydrogen-bond acceptors (Lipinski definition) is 0. The second-order valence-electron chi connectivity index (χ2n) is 2.74. The van der Waals surface area contributed by atoms with Crippen molar-refractivity contribution in [3.05, 3.63) is 25.3 Å². The van der Waals surface area contributed by atoms with Gasteiger partial charge in [-0.25, -0.2) is 0 Å². The lowest BCUT2D eigenvalue weighted by molar-refractivity contribution is 0.430. The lowest BCUT2D eigenvalue weighted by Gasteiger charge is -2.23. The maximum absolute atomic E-state index is 3.82. The summed E-state index contributed by atoms with van der Waals surface area (Å²) in [7, 11) is 0. The van der Waals surface area contributed by atoms with E-state index in [1.165, 1.54) is 12.8 Å². The molecule has 0 nitrogen and oxygen atoms in total. The molecule has 0 saturated heterocycles. The minimum atomic E-state index is 0.203. The molecule has 0 saturated carbocycles. The summed E-state index contributed by atoms with van der Waals surface area (Å²) in [6.45, 7) is 12.0. The van der Waals surface area contributed by atoms with Crippen LogP contribution in [0.1, 0.15) is 33.1 Å². The fourth-order valence-electron chi connectivity index (χ4n) is 1.22. The van der Waals surface area contributed by atoms with Gasteiger partial charge in [0.25, 0.3) is 0 Å². The van der Waals surface area contributed by atoms with Gasteiger partial charge < -0.3 is 0 Å². The summed E-state index contributed by atoms with van der Waals surface area (Å²) in [5.74, 6) is 0. The standard InChI is InChI=1S/C10H18/c1-5-9-10(6-2,7-3)8-4/h6-7H,2-3,5,8-9H2,1,4H3. The summed E-state index contributed by atoms with van der Waals surface area (Å²) in [6, 6.07) is 0. The molecular formula is C10H18. The Labute approximate surface area is 64.6 Å². The van der Waals surface area contributed by atoms with Crippen LogP contribution in [0.25, 0.3) is 0 Å². The van der Waals surface area contributed by atoms with Gasteiger partial charge in [0.1, 0.15) is 0 Å². The molecular weight excluding hydrogens is 120 g/mol. The Morgan fingerprint density at radius 1 is 1.20 bits per heavy atom. The lowest BCUT2D eigenvalue weighted by Crippen LogP contribution is -2.11. The van der Waals surface area contributed by atoms with Gasteiger partial charge >= 0.3 is 0 Å². The highest BCUT2D eigenvalue weighted by Gasteiger charge is 2.17. The summed E-state index contributed by atoms with van der Waals surface area (Å²) in [4.78, 5) is 0. The van der Waals surface area contributed by atoms with E-state index in [9.17, 15) is 0 Å². The molecule has 0 aliphatic heterocycles. The minimum absolute atomic E-state index is 0.203.